The van der Waals surface area contributed by atoms with Crippen molar-refractivity contribution in [3.05, 3.63) is 105 Å². The van der Waals surface area contributed by atoms with Crippen molar-refractivity contribution in [3.8, 4) is 0 Å². The molecule has 0 unspecified atom stereocenters. The minimum Gasteiger partial charge on any atom is -0.320 e. The highest BCUT2D eigenvalue weighted by molar-refractivity contribution is 5.90. The second-order valence-electron chi connectivity index (χ2n) is 7.84. The molecule has 3 rings (SSSR count). The molecule has 160 valence electrons. The van der Waals surface area contributed by atoms with Gasteiger partial charge in [0.15, 0.2) is 0 Å². The van der Waals surface area contributed by atoms with E-state index in [0.29, 0.717) is 18.5 Å². The zero-order valence-electron chi connectivity index (χ0n) is 18.1. The lowest BCUT2D eigenvalue weighted by molar-refractivity contribution is -0.384. The van der Waals surface area contributed by atoms with Crippen LogP contribution in [0.5, 0.6) is 0 Å². The molecule has 0 bridgehead atoms. The molecule has 2 amide bonds. The number of non-ortho nitro benzene ring substituents is 1. The first kappa shape index (κ1) is 22.0. The lowest BCUT2D eigenvalue weighted by Gasteiger charge is -2.24. The maximum absolute atomic E-state index is 13.1. The summed E-state index contributed by atoms with van der Waals surface area (Å²) in [6.45, 7) is 6.78. The number of nitro benzene ring substituents is 1. The summed E-state index contributed by atoms with van der Waals surface area (Å²) in [5.41, 5.74) is 5.92. The van der Waals surface area contributed by atoms with Crippen molar-refractivity contribution in [3.63, 3.8) is 0 Å². The Bertz CT molecular complexity index is 1090. The Morgan fingerprint density at radius 1 is 0.935 bits per heavy atom. The van der Waals surface area contributed by atoms with E-state index in [1.807, 2.05) is 57.2 Å². The van der Waals surface area contributed by atoms with Crippen LogP contribution in [0, 0.1) is 30.9 Å². The Hall–Kier alpha value is -3.67. The fraction of sp³-hybridized carbons (Fsp3) is 0.240. The van der Waals surface area contributed by atoms with Crippen molar-refractivity contribution in [2.75, 3.05) is 11.9 Å². The van der Waals surface area contributed by atoms with Gasteiger partial charge in [-0.2, -0.15) is 0 Å². The van der Waals surface area contributed by atoms with E-state index >= 15 is 0 Å². The minimum atomic E-state index is -0.420. The number of aryl methyl sites for hydroxylation is 3. The summed E-state index contributed by atoms with van der Waals surface area (Å²) in [5.74, 6) is 0. The van der Waals surface area contributed by atoms with Gasteiger partial charge in [0, 0.05) is 30.9 Å². The number of nitrogens with one attached hydrogen (secondary N) is 1. The number of benzene rings is 3. The highest BCUT2D eigenvalue weighted by Crippen LogP contribution is 2.19. The van der Waals surface area contributed by atoms with Gasteiger partial charge < -0.3 is 10.2 Å². The molecule has 0 radical (unpaired) electrons. The normalized spacial score (nSPS) is 10.5. The van der Waals surface area contributed by atoms with Gasteiger partial charge in [-0.1, -0.05) is 59.7 Å². The summed E-state index contributed by atoms with van der Waals surface area (Å²) < 4.78 is 0. The zero-order valence-corrected chi connectivity index (χ0v) is 18.1. The molecule has 0 spiro atoms. The number of hydrogen-bond donors (Lipinski definition) is 1. The molecule has 0 aromatic heterocycles. The van der Waals surface area contributed by atoms with E-state index in [1.54, 1.807) is 17.0 Å². The molecule has 0 aliphatic heterocycles. The molecule has 0 saturated heterocycles. The maximum Gasteiger partial charge on any atom is 0.322 e. The summed E-state index contributed by atoms with van der Waals surface area (Å²) in [7, 11) is 0. The third-order valence-corrected chi connectivity index (χ3v) is 5.16. The summed E-state index contributed by atoms with van der Waals surface area (Å²) in [6.07, 6.45) is 0.691. The number of carbonyl (C=O) groups excluding carboxylic acids is 1. The van der Waals surface area contributed by atoms with E-state index in [1.165, 1.54) is 17.7 Å². The van der Waals surface area contributed by atoms with E-state index in [0.717, 1.165) is 22.4 Å². The lowest BCUT2D eigenvalue weighted by Crippen LogP contribution is -2.36. The van der Waals surface area contributed by atoms with Crippen LogP contribution in [0.25, 0.3) is 0 Å². The molecule has 0 fully saturated rings. The fourth-order valence-electron chi connectivity index (χ4n) is 3.52. The monoisotopic (exact) mass is 417 g/mol. The van der Waals surface area contributed by atoms with Crippen LogP contribution in [-0.2, 0) is 13.0 Å². The van der Waals surface area contributed by atoms with Crippen LogP contribution in [0.15, 0.2) is 66.7 Å². The summed E-state index contributed by atoms with van der Waals surface area (Å²) >= 11 is 0. The number of anilines is 1. The Labute approximate surface area is 182 Å². The van der Waals surface area contributed by atoms with Gasteiger partial charge in [0.1, 0.15) is 0 Å². The Morgan fingerprint density at radius 3 is 2.35 bits per heavy atom. The summed E-state index contributed by atoms with van der Waals surface area (Å²) in [4.78, 5) is 25.6. The fourth-order valence-corrected chi connectivity index (χ4v) is 3.52. The number of nitrogens with zero attached hydrogens (tertiary/aromatic N) is 2. The largest absolute Gasteiger partial charge is 0.322 e. The molecule has 0 saturated carbocycles. The highest BCUT2D eigenvalue weighted by Gasteiger charge is 2.17. The van der Waals surface area contributed by atoms with Crippen LogP contribution in [-0.4, -0.2) is 22.4 Å². The highest BCUT2D eigenvalue weighted by atomic mass is 16.6. The minimum absolute atomic E-state index is 0.0194. The number of carbonyl (C=O) groups is 1. The molecule has 1 N–H and O–H groups in total. The molecule has 3 aromatic carbocycles. The van der Waals surface area contributed by atoms with Crippen molar-refractivity contribution in [1.29, 1.82) is 0 Å². The van der Waals surface area contributed by atoms with Gasteiger partial charge in [0.05, 0.1) is 4.92 Å². The van der Waals surface area contributed by atoms with E-state index in [-0.39, 0.29) is 18.3 Å². The van der Waals surface area contributed by atoms with Gasteiger partial charge in [-0.3, -0.25) is 10.1 Å². The molecule has 0 aliphatic rings. The van der Waals surface area contributed by atoms with Crippen LogP contribution in [0.1, 0.15) is 27.8 Å². The van der Waals surface area contributed by atoms with Crippen LogP contribution in [0.4, 0.5) is 16.2 Å². The van der Waals surface area contributed by atoms with E-state index in [2.05, 4.69) is 11.4 Å². The summed E-state index contributed by atoms with van der Waals surface area (Å²) in [5, 5.41) is 14.1. The van der Waals surface area contributed by atoms with E-state index < -0.39 is 4.92 Å². The van der Waals surface area contributed by atoms with Gasteiger partial charge in [-0.15, -0.1) is 0 Å². The van der Waals surface area contributed by atoms with Crippen molar-refractivity contribution in [1.82, 2.24) is 4.90 Å². The van der Waals surface area contributed by atoms with Crippen LogP contribution in [0.3, 0.4) is 0 Å². The van der Waals surface area contributed by atoms with Crippen LogP contribution >= 0.6 is 0 Å². The molecular formula is C25H27N3O3. The van der Waals surface area contributed by atoms with E-state index in [4.69, 9.17) is 0 Å². The predicted molar refractivity (Wildman–Crippen MR) is 123 cm³/mol. The van der Waals surface area contributed by atoms with E-state index in [9.17, 15) is 14.9 Å². The van der Waals surface area contributed by atoms with Crippen molar-refractivity contribution in [2.45, 2.75) is 33.7 Å². The summed E-state index contributed by atoms with van der Waals surface area (Å²) in [6, 6.07) is 20.3. The topological polar surface area (TPSA) is 75.5 Å². The Kier molecular flexibility index (Phi) is 7.03. The van der Waals surface area contributed by atoms with Crippen molar-refractivity contribution >= 4 is 17.4 Å². The lowest BCUT2D eigenvalue weighted by atomic mass is 10.1. The number of amides is 2. The molecule has 0 heterocycles. The predicted octanol–water partition coefficient (Wildman–Crippen LogP) is 5.80. The van der Waals surface area contributed by atoms with Crippen LogP contribution in [0.2, 0.25) is 0 Å². The number of urea groups is 1. The molecule has 31 heavy (non-hydrogen) atoms. The molecule has 6 nitrogen and oxygen atoms in total. The smallest absolute Gasteiger partial charge is 0.320 e. The number of hydrogen-bond acceptors (Lipinski definition) is 3. The average Bonchev–Trinajstić information content (AvgIpc) is 2.73. The first-order valence-electron chi connectivity index (χ1n) is 10.2. The standard InChI is InChI=1S/C25H27N3O3/c1-18-6-4-7-21(15-18)12-13-27(17-22-8-5-9-23(16-22)28(30)31)25(29)26-24-11-10-19(2)14-20(24)3/h4-11,14-16H,12-13,17H2,1-3H3,(H,26,29). The molecule has 3 aromatic rings. The van der Waals surface area contributed by atoms with Crippen molar-refractivity contribution < 1.29 is 9.72 Å². The quantitative estimate of drug-likeness (QED) is 0.390. The first-order chi connectivity index (χ1) is 14.8. The van der Waals surface area contributed by atoms with Crippen molar-refractivity contribution in [2.24, 2.45) is 0 Å². The molecular weight excluding hydrogens is 390 g/mol. The maximum atomic E-state index is 13.1. The van der Waals surface area contributed by atoms with Gasteiger partial charge in [-0.25, -0.2) is 4.79 Å². The number of nitro groups is 1. The Morgan fingerprint density at radius 2 is 1.65 bits per heavy atom. The third kappa shape index (κ3) is 6.15. The number of rotatable bonds is 7. The Balaban J connectivity index is 1.81. The SMILES string of the molecule is Cc1cccc(CCN(Cc2cccc([N+](=O)[O-])c2)C(=O)Nc2ccc(C)cc2C)c1. The zero-order chi connectivity index (χ0) is 22.4. The second-order valence-corrected chi connectivity index (χ2v) is 7.84. The van der Waals surface area contributed by atoms with Gasteiger partial charge in [-0.05, 0) is 49.9 Å². The van der Waals surface area contributed by atoms with Gasteiger partial charge in [0.2, 0.25) is 0 Å². The van der Waals surface area contributed by atoms with Gasteiger partial charge >= 0.3 is 6.03 Å². The third-order valence-electron chi connectivity index (χ3n) is 5.16. The van der Waals surface area contributed by atoms with Gasteiger partial charge in [0.25, 0.3) is 5.69 Å². The molecule has 6 heteroatoms. The average molecular weight is 418 g/mol. The first-order valence-corrected chi connectivity index (χ1v) is 10.2. The second kappa shape index (κ2) is 9.89. The molecule has 0 atom stereocenters. The van der Waals surface area contributed by atoms with Crippen LogP contribution < -0.4 is 5.32 Å². The molecule has 0 aliphatic carbocycles.